The van der Waals surface area contributed by atoms with Gasteiger partial charge in [-0.15, -0.1) is 0 Å². The minimum absolute atomic E-state index is 0.0967. The lowest BCUT2D eigenvalue weighted by Gasteiger charge is -2.22. The van der Waals surface area contributed by atoms with Crippen LogP contribution in [0.15, 0.2) is 22.7 Å². The summed E-state index contributed by atoms with van der Waals surface area (Å²) >= 11 is 0. The number of rotatable bonds is 3. The first-order chi connectivity index (χ1) is 10.0. The predicted octanol–water partition coefficient (Wildman–Crippen LogP) is 2.52. The maximum absolute atomic E-state index is 13.2. The van der Waals surface area contributed by atoms with Gasteiger partial charge >= 0.3 is 0 Å². The molecule has 1 amide bonds. The molecule has 1 aliphatic heterocycles. The zero-order valence-corrected chi connectivity index (χ0v) is 11.3. The highest BCUT2D eigenvalue weighted by molar-refractivity contribution is 5.78. The summed E-state index contributed by atoms with van der Waals surface area (Å²) in [4.78, 5) is 17.6. The summed E-state index contributed by atoms with van der Waals surface area (Å²) in [5, 5.41) is 3.71. The lowest BCUT2D eigenvalue weighted by Crippen LogP contribution is -2.27. The third-order valence-corrected chi connectivity index (χ3v) is 3.43. The third-order valence-electron chi connectivity index (χ3n) is 3.43. The van der Waals surface area contributed by atoms with Crippen LogP contribution in [0, 0.1) is 18.6 Å². The second-order valence-electron chi connectivity index (χ2n) is 5.03. The Kier molecular flexibility index (Phi) is 3.40. The van der Waals surface area contributed by atoms with Crippen LogP contribution in [0.4, 0.5) is 8.78 Å². The Morgan fingerprint density at radius 3 is 2.67 bits per heavy atom. The fourth-order valence-corrected chi connectivity index (χ4v) is 2.54. The lowest BCUT2D eigenvalue weighted by molar-refractivity contribution is -0.130. The molecule has 2 heterocycles. The summed E-state index contributed by atoms with van der Waals surface area (Å²) in [6.07, 6.45) is 0.905. The van der Waals surface area contributed by atoms with E-state index in [2.05, 4.69) is 10.1 Å². The van der Waals surface area contributed by atoms with Crippen molar-refractivity contribution < 1.29 is 18.1 Å². The summed E-state index contributed by atoms with van der Waals surface area (Å²) in [6.45, 7) is 1.80. The Balaban J connectivity index is 1.86. The van der Waals surface area contributed by atoms with E-state index in [0.717, 1.165) is 6.07 Å². The minimum atomic E-state index is -0.665. The van der Waals surface area contributed by atoms with E-state index in [1.54, 1.807) is 6.92 Å². The molecule has 5 nitrogen and oxygen atoms in total. The molecule has 7 heteroatoms. The van der Waals surface area contributed by atoms with Gasteiger partial charge in [-0.2, -0.15) is 4.98 Å². The van der Waals surface area contributed by atoms with Crippen molar-refractivity contribution >= 4 is 5.91 Å². The molecule has 0 radical (unpaired) electrons. The average molecular weight is 293 g/mol. The molecule has 0 spiro atoms. The Bertz CT molecular complexity index is 666. The lowest BCUT2D eigenvalue weighted by atomic mass is 10.1. The number of amides is 1. The van der Waals surface area contributed by atoms with Crippen molar-refractivity contribution in [2.45, 2.75) is 32.4 Å². The van der Waals surface area contributed by atoms with Crippen molar-refractivity contribution in [2.75, 3.05) is 0 Å². The molecule has 1 saturated heterocycles. The number of halogens is 2. The van der Waals surface area contributed by atoms with E-state index >= 15 is 0 Å². The molecule has 1 aromatic heterocycles. The SMILES string of the molecule is Cc1noc(C2CCC(=O)N2Cc2cc(F)cc(F)c2)n1. The first-order valence-electron chi connectivity index (χ1n) is 6.57. The van der Waals surface area contributed by atoms with E-state index < -0.39 is 11.6 Å². The number of nitrogens with zero attached hydrogens (tertiary/aromatic N) is 3. The number of aryl methyl sites for hydroxylation is 1. The summed E-state index contributed by atoms with van der Waals surface area (Å²) in [7, 11) is 0. The summed E-state index contributed by atoms with van der Waals surface area (Å²) < 4.78 is 31.6. The van der Waals surface area contributed by atoms with Gasteiger partial charge in [0.25, 0.3) is 0 Å². The molecule has 2 aromatic rings. The van der Waals surface area contributed by atoms with Gasteiger partial charge in [0.1, 0.15) is 17.7 Å². The number of aromatic nitrogens is 2. The number of carbonyl (C=O) groups excluding carboxylic acids is 1. The molecule has 1 aliphatic rings. The molecule has 0 aliphatic carbocycles. The van der Waals surface area contributed by atoms with Gasteiger partial charge in [-0.05, 0) is 31.0 Å². The van der Waals surface area contributed by atoms with Crippen LogP contribution in [0.2, 0.25) is 0 Å². The predicted molar refractivity (Wildman–Crippen MR) is 67.9 cm³/mol. The van der Waals surface area contributed by atoms with E-state index in [9.17, 15) is 13.6 Å². The number of carbonyl (C=O) groups is 1. The topological polar surface area (TPSA) is 59.2 Å². The standard InChI is InChI=1S/C14H13F2N3O2/c1-8-17-14(21-18-8)12-2-3-13(20)19(12)7-9-4-10(15)6-11(16)5-9/h4-6,12H,2-3,7H2,1H3. The Morgan fingerprint density at radius 2 is 2.05 bits per heavy atom. The molecule has 110 valence electrons. The van der Waals surface area contributed by atoms with Gasteiger partial charge in [-0.25, -0.2) is 8.78 Å². The maximum atomic E-state index is 13.2. The van der Waals surface area contributed by atoms with Crippen molar-refractivity contribution in [3.8, 4) is 0 Å². The van der Waals surface area contributed by atoms with Crippen molar-refractivity contribution in [1.29, 1.82) is 0 Å². The Morgan fingerprint density at radius 1 is 1.33 bits per heavy atom. The van der Waals surface area contributed by atoms with Gasteiger partial charge < -0.3 is 9.42 Å². The Labute approximate surface area is 119 Å². The summed E-state index contributed by atoms with van der Waals surface area (Å²) in [5.41, 5.74) is 0.393. The van der Waals surface area contributed by atoms with Crippen LogP contribution in [0.1, 0.15) is 36.2 Å². The number of benzene rings is 1. The van der Waals surface area contributed by atoms with Crippen LogP contribution < -0.4 is 0 Å². The van der Waals surface area contributed by atoms with Crippen molar-refractivity contribution in [3.63, 3.8) is 0 Å². The van der Waals surface area contributed by atoms with E-state index in [-0.39, 0.29) is 18.5 Å². The van der Waals surface area contributed by atoms with E-state index in [1.165, 1.54) is 17.0 Å². The van der Waals surface area contributed by atoms with Crippen LogP contribution in [0.3, 0.4) is 0 Å². The van der Waals surface area contributed by atoms with Crippen molar-refractivity contribution in [2.24, 2.45) is 0 Å². The van der Waals surface area contributed by atoms with Gasteiger partial charge in [0, 0.05) is 19.0 Å². The number of hydrogen-bond acceptors (Lipinski definition) is 4. The smallest absolute Gasteiger partial charge is 0.249 e. The molecule has 1 fully saturated rings. The van der Waals surface area contributed by atoms with Gasteiger partial charge in [-0.1, -0.05) is 5.16 Å². The molecular weight excluding hydrogens is 280 g/mol. The fourth-order valence-electron chi connectivity index (χ4n) is 2.54. The zero-order chi connectivity index (χ0) is 15.0. The molecule has 21 heavy (non-hydrogen) atoms. The van der Waals surface area contributed by atoms with Gasteiger partial charge in [-0.3, -0.25) is 4.79 Å². The molecule has 0 N–H and O–H groups in total. The molecular formula is C14H13F2N3O2. The third kappa shape index (κ3) is 2.76. The average Bonchev–Trinajstić information content (AvgIpc) is 2.96. The van der Waals surface area contributed by atoms with E-state index in [1.807, 2.05) is 0 Å². The Hall–Kier alpha value is -2.31. The highest BCUT2D eigenvalue weighted by atomic mass is 19.1. The molecule has 1 aromatic carbocycles. The first-order valence-corrected chi connectivity index (χ1v) is 6.57. The van der Waals surface area contributed by atoms with E-state index in [0.29, 0.717) is 30.1 Å². The quantitative estimate of drug-likeness (QED) is 0.872. The van der Waals surface area contributed by atoms with Crippen LogP contribution >= 0.6 is 0 Å². The second-order valence-corrected chi connectivity index (χ2v) is 5.03. The maximum Gasteiger partial charge on any atom is 0.249 e. The van der Waals surface area contributed by atoms with Crippen LogP contribution in [-0.4, -0.2) is 20.9 Å². The monoisotopic (exact) mass is 293 g/mol. The fraction of sp³-hybridized carbons (Fsp3) is 0.357. The number of hydrogen-bond donors (Lipinski definition) is 0. The van der Waals surface area contributed by atoms with Crippen LogP contribution in [-0.2, 0) is 11.3 Å². The van der Waals surface area contributed by atoms with Gasteiger partial charge in [0.2, 0.25) is 11.8 Å². The van der Waals surface area contributed by atoms with Crippen molar-refractivity contribution in [3.05, 3.63) is 47.1 Å². The first kappa shape index (κ1) is 13.7. The molecule has 1 atom stereocenters. The minimum Gasteiger partial charge on any atom is -0.337 e. The normalized spacial score (nSPS) is 18.5. The highest BCUT2D eigenvalue weighted by Gasteiger charge is 2.35. The second kappa shape index (κ2) is 5.23. The van der Waals surface area contributed by atoms with Crippen LogP contribution in [0.5, 0.6) is 0 Å². The van der Waals surface area contributed by atoms with E-state index in [4.69, 9.17) is 4.52 Å². The molecule has 0 bridgehead atoms. The largest absolute Gasteiger partial charge is 0.337 e. The molecule has 3 rings (SSSR count). The number of likely N-dealkylation sites (tertiary alicyclic amines) is 1. The summed E-state index contributed by atoms with van der Waals surface area (Å²) in [6, 6.07) is 2.88. The van der Waals surface area contributed by atoms with Crippen molar-refractivity contribution in [1.82, 2.24) is 15.0 Å². The highest BCUT2D eigenvalue weighted by Crippen LogP contribution is 2.33. The van der Waals surface area contributed by atoms with Gasteiger partial charge in [0.15, 0.2) is 5.82 Å². The van der Waals surface area contributed by atoms with Crippen LogP contribution in [0.25, 0.3) is 0 Å². The molecule has 1 unspecified atom stereocenters. The zero-order valence-electron chi connectivity index (χ0n) is 11.3. The molecule has 0 saturated carbocycles. The van der Waals surface area contributed by atoms with Gasteiger partial charge in [0.05, 0.1) is 0 Å². The summed E-state index contributed by atoms with van der Waals surface area (Å²) in [5.74, 6) is -0.583.